The van der Waals surface area contributed by atoms with Gasteiger partial charge in [-0.1, -0.05) is 78.9 Å². The molecule has 0 aliphatic carbocycles. The second kappa shape index (κ2) is 6.64. The summed E-state index contributed by atoms with van der Waals surface area (Å²) in [5, 5.41) is 8.00. The lowest BCUT2D eigenvalue weighted by Crippen LogP contribution is -1.95. The Morgan fingerprint density at radius 3 is 2.09 bits per heavy atom. The van der Waals surface area contributed by atoms with E-state index in [0.29, 0.717) is 0 Å². The first-order chi connectivity index (χ1) is 10.8. The van der Waals surface area contributed by atoms with Crippen molar-refractivity contribution in [2.75, 3.05) is 0 Å². The maximum absolute atomic E-state index is 8.00. The number of hydrogen-bond donors (Lipinski definition) is 1. The molecular formula is C20H16N2. The van der Waals surface area contributed by atoms with E-state index < -0.39 is 0 Å². The zero-order valence-corrected chi connectivity index (χ0v) is 12.1. The van der Waals surface area contributed by atoms with Gasteiger partial charge in [0.2, 0.25) is 0 Å². The number of aliphatic imine (C=N–C) groups is 1. The lowest BCUT2D eigenvalue weighted by Gasteiger charge is -2.02. The van der Waals surface area contributed by atoms with Crippen molar-refractivity contribution in [2.45, 2.75) is 0 Å². The Hall–Kier alpha value is -3.00. The summed E-state index contributed by atoms with van der Waals surface area (Å²) in [6.45, 7) is 0. The Bertz CT molecular complexity index is 790. The zero-order valence-electron chi connectivity index (χ0n) is 12.1. The third kappa shape index (κ3) is 3.36. The molecule has 0 amide bonds. The molecule has 3 aromatic rings. The van der Waals surface area contributed by atoms with Crippen molar-refractivity contribution in [2.24, 2.45) is 4.99 Å². The fraction of sp³-hybridized carbons (Fsp3) is 0. The molecule has 0 saturated carbocycles. The Labute approximate surface area is 130 Å². The number of rotatable bonds is 3. The summed E-state index contributed by atoms with van der Waals surface area (Å²) < 4.78 is 0. The average molecular weight is 284 g/mol. The molecule has 2 heteroatoms. The molecule has 22 heavy (non-hydrogen) atoms. The molecule has 106 valence electrons. The molecule has 0 saturated heterocycles. The third-order valence-electron chi connectivity index (χ3n) is 3.38. The molecule has 0 aromatic heterocycles. The van der Waals surface area contributed by atoms with E-state index in [1.807, 2.05) is 60.7 Å². The largest absolute Gasteiger partial charge is 0.282 e. The molecular weight excluding hydrogens is 268 g/mol. The van der Waals surface area contributed by atoms with Crippen molar-refractivity contribution in [1.29, 1.82) is 5.41 Å². The van der Waals surface area contributed by atoms with Crippen molar-refractivity contribution < 1.29 is 0 Å². The smallest absolute Gasteiger partial charge is 0.151 e. The van der Waals surface area contributed by atoms with E-state index in [-0.39, 0.29) is 5.84 Å². The van der Waals surface area contributed by atoms with Crippen molar-refractivity contribution in [3.05, 3.63) is 96.1 Å². The van der Waals surface area contributed by atoms with Crippen molar-refractivity contribution in [1.82, 2.24) is 0 Å². The normalized spacial score (nSPS) is 10.7. The topological polar surface area (TPSA) is 36.2 Å². The van der Waals surface area contributed by atoms with Crippen LogP contribution in [-0.2, 0) is 0 Å². The molecule has 0 bridgehead atoms. The van der Waals surface area contributed by atoms with E-state index in [0.717, 1.165) is 16.7 Å². The van der Waals surface area contributed by atoms with Crippen LogP contribution in [-0.4, -0.2) is 12.1 Å². The van der Waals surface area contributed by atoms with Crippen LogP contribution in [0, 0.1) is 5.41 Å². The van der Waals surface area contributed by atoms with Crippen molar-refractivity contribution >= 4 is 12.1 Å². The van der Waals surface area contributed by atoms with Gasteiger partial charge in [-0.05, 0) is 22.8 Å². The van der Waals surface area contributed by atoms with Crippen LogP contribution in [0.5, 0.6) is 0 Å². The SMILES string of the molecule is N=C(/N=C/c1cccc(-c2ccccc2)c1)c1ccccc1. The van der Waals surface area contributed by atoms with Gasteiger partial charge in [0, 0.05) is 11.8 Å². The highest BCUT2D eigenvalue weighted by Gasteiger charge is 1.99. The zero-order chi connectivity index (χ0) is 15.2. The van der Waals surface area contributed by atoms with Gasteiger partial charge < -0.3 is 0 Å². The Balaban J connectivity index is 1.82. The molecule has 2 nitrogen and oxygen atoms in total. The number of benzene rings is 3. The lowest BCUT2D eigenvalue weighted by atomic mass is 10.0. The predicted molar refractivity (Wildman–Crippen MR) is 92.7 cm³/mol. The minimum absolute atomic E-state index is 0.269. The highest BCUT2D eigenvalue weighted by molar-refractivity contribution is 6.03. The number of hydrogen-bond acceptors (Lipinski definition) is 1. The van der Waals surface area contributed by atoms with Crippen LogP contribution in [0.2, 0.25) is 0 Å². The second-order valence-corrected chi connectivity index (χ2v) is 4.96. The first kappa shape index (κ1) is 14.0. The summed E-state index contributed by atoms with van der Waals surface area (Å²) in [6, 6.07) is 27.9. The molecule has 0 fully saturated rings. The van der Waals surface area contributed by atoms with E-state index >= 15 is 0 Å². The van der Waals surface area contributed by atoms with Crippen LogP contribution in [0.3, 0.4) is 0 Å². The molecule has 3 aromatic carbocycles. The Morgan fingerprint density at radius 2 is 1.36 bits per heavy atom. The van der Waals surface area contributed by atoms with Crippen LogP contribution < -0.4 is 0 Å². The molecule has 0 spiro atoms. The summed E-state index contributed by atoms with van der Waals surface area (Å²) in [4.78, 5) is 4.26. The Morgan fingerprint density at radius 1 is 0.727 bits per heavy atom. The van der Waals surface area contributed by atoms with Crippen molar-refractivity contribution in [3.8, 4) is 11.1 Å². The summed E-state index contributed by atoms with van der Waals surface area (Å²) in [6.07, 6.45) is 1.74. The van der Waals surface area contributed by atoms with Gasteiger partial charge in [0.25, 0.3) is 0 Å². The standard InChI is InChI=1S/C20H16N2/c21-20(18-11-5-2-6-12-18)22-15-16-8-7-13-19(14-16)17-9-3-1-4-10-17/h1-15,21H/b21-20?,22-15+. The first-order valence-corrected chi connectivity index (χ1v) is 7.16. The van der Waals surface area contributed by atoms with Gasteiger partial charge in [-0.15, -0.1) is 0 Å². The van der Waals surface area contributed by atoms with Crippen LogP contribution in [0.4, 0.5) is 0 Å². The van der Waals surface area contributed by atoms with Gasteiger partial charge in [0.1, 0.15) is 0 Å². The minimum Gasteiger partial charge on any atom is -0.282 e. The molecule has 0 aliphatic heterocycles. The molecule has 0 radical (unpaired) electrons. The maximum Gasteiger partial charge on any atom is 0.151 e. The van der Waals surface area contributed by atoms with Gasteiger partial charge in [0.05, 0.1) is 0 Å². The Kier molecular flexibility index (Phi) is 4.21. The first-order valence-electron chi connectivity index (χ1n) is 7.16. The molecule has 0 unspecified atom stereocenters. The second-order valence-electron chi connectivity index (χ2n) is 4.96. The van der Waals surface area contributed by atoms with E-state index in [2.05, 4.69) is 29.3 Å². The fourth-order valence-corrected chi connectivity index (χ4v) is 2.24. The minimum atomic E-state index is 0.269. The van der Waals surface area contributed by atoms with E-state index in [4.69, 9.17) is 5.41 Å². The van der Waals surface area contributed by atoms with Gasteiger partial charge in [-0.25, -0.2) is 4.99 Å². The van der Waals surface area contributed by atoms with Gasteiger partial charge in [-0.2, -0.15) is 0 Å². The molecule has 0 aliphatic rings. The van der Waals surface area contributed by atoms with Gasteiger partial charge >= 0.3 is 0 Å². The summed E-state index contributed by atoms with van der Waals surface area (Å²) in [7, 11) is 0. The van der Waals surface area contributed by atoms with Crippen LogP contribution >= 0.6 is 0 Å². The third-order valence-corrected chi connectivity index (χ3v) is 3.38. The van der Waals surface area contributed by atoms with Crippen molar-refractivity contribution in [3.63, 3.8) is 0 Å². The number of nitrogens with one attached hydrogen (secondary N) is 1. The van der Waals surface area contributed by atoms with Crippen LogP contribution in [0.25, 0.3) is 11.1 Å². The lowest BCUT2D eigenvalue weighted by molar-refractivity contribution is 1.42. The molecule has 0 heterocycles. The number of nitrogens with zero attached hydrogens (tertiary/aromatic N) is 1. The highest BCUT2D eigenvalue weighted by atomic mass is 14.8. The van der Waals surface area contributed by atoms with Crippen LogP contribution in [0.1, 0.15) is 11.1 Å². The van der Waals surface area contributed by atoms with E-state index in [9.17, 15) is 0 Å². The summed E-state index contributed by atoms with van der Waals surface area (Å²) >= 11 is 0. The number of amidine groups is 1. The van der Waals surface area contributed by atoms with E-state index in [1.165, 1.54) is 5.56 Å². The summed E-state index contributed by atoms with van der Waals surface area (Å²) in [5.74, 6) is 0.269. The average Bonchev–Trinajstić information content (AvgIpc) is 2.61. The quantitative estimate of drug-likeness (QED) is 0.530. The van der Waals surface area contributed by atoms with Gasteiger partial charge in [0.15, 0.2) is 5.84 Å². The maximum atomic E-state index is 8.00. The summed E-state index contributed by atoms with van der Waals surface area (Å²) in [5.41, 5.74) is 4.13. The highest BCUT2D eigenvalue weighted by Crippen LogP contribution is 2.19. The van der Waals surface area contributed by atoms with E-state index in [1.54, 1.807) is 6.21 Å². The van der Waals surface area contributed by atoms with Gasteiger partial charge in [-0.3, -0.25) is 5.41 Å². The molecule has 0 atom stereocenters. The fourth-order valence-electron chi connectivity index (χ4n) is 2.24. The van der Waals surface area contributed by atoms with Crippen LogP contribution in [0.15, 0.2) is 89.9 Å². The predicted octanol–water partition coefficient (Wildman–Crippen LogP) is 4.80. The molecule has 1 N–H and O–H groups in total. The monoisotopic (exact) mass is 284 g/mol. The molecule has 3 rings (SSSR count).